The Morgan fingerprint density at radius 1 is 1.00 bits per heavy atom. The highest BCUT2D eigenvalue weighted by molar-refractivity contribution is 5.94. The summed E-state index contributed by atoms with van der Waals surface area (Å²) < 4.78 is 18.1. The number of rotatable bonds is 7. The zero-order valence-electron chi connectivity index (χ0n) is 13.3. The van der Waals surface area contributed by atoms with Gasteiger partial charge in [0.2, 0.25) is 11.8 Å². The maximum Gasteiger partial charge on any atom is 0.243 e. The largest absolute Gasteiger partial charge is 0.494 e. The van der Waals surface area contributed by atoms with Gasteiger partial charge in [0.05, 0.1) is 19.6 Å². The second-order valence-corrected chi connectivity index (χ2v) is 5.09. The molecular weight excluding hydrogens is 311 g/mol. The van der Waals surface area contributed by atoms with Crippen LogP contribution in [0.25, 0.3) is 0 Å². The Labute approximate surface area is 139 Å². The van der Waals surface area contributed by atoms with Crippen molar-refractivity contribution in [1.82, 2.24) is 5.32 Å². The molecule has 2 N–H and O–H groups in total. The van der Waals surface area contributed by atoms with Gasteiger partial charge in [0, 0.05) is 5.69 Å². The summed E-state index contributed by atoms with van der Waals surface area (Å²) >= 11 is 0. The molecule has 2 amide bonds. The van der Waals surface area contributed by atoms with Crippen LogP contribution in [0.4, 0.5) is 10.1 Å². The minimum atomic E-state index is -0.353. The van der Waals surface area contributed by atoms with Gasteiger partial charge in [-0.1, -0.05) is 12.1 Å². The van der Waals surface area contributed by atoms with Gasteiger partial charge in [-0.15, -0.1) is 0 Å². The molecule has 0 fully saturated rings. The van der Waals surface area contributed by atoms with Gasteiger partial charge in [-0.3, -0.25) is 9.59 Å². The summed E-state index contributed by atoms with van der Waals surface area (Å²) in [6.45, 7) is 2.34. The Bertz CT molecular complexity index is 684. The lowest BCUT2D eigenvalue weighted by Crippen LogP contribution is -2.33. The summed E-state index contributed by atoms with van der Waals surface area (Å²) in [5, 5.41) is 5.21. The highest BCUT2D eigenvalue weighted by Gasteiger charge is 2.07. The number of hydrogen-bond donors (Lipinski definition) is 2. The van der Waals surface area contributed by atoms with E-state index in [4.69, 9.17) is 4.74 Å². The van der Waals surface area contributed by atoms with E-state index in [2.05, 4.69) is 10.6 Å². The molecule has 0 aromatic heterocycles. The van der Waals surface area contributed by atoms with Crippen LogP contribution in [-0.2, 0) is 16.0 Å². The van der Waals surface area contributed by atoms with Gasteiger partial charge in [-0.05, 0) is 48.9 Å². The van der Waals surface area contributed by atoms with Crippen molar-refractivity contribution in [3.63, 3.8) is 0 Å². The van der Waals surface area contributed by atoms with Crippen LogP contribution in [0, 0.1) is 5.82 Å². The zero-order chi connectivity index (χ0) is 17.4. The van der Waals surface area contributed by atoms with Crippen molar-refractivity contribution >= 4 is 17.5 Å². The standard InChI is InChI=1S/C18H19FN2O3/c1-2-24-16-9-7-15(8-10-16)21-18(23)12-20-17(22)11-13-3-5-14(19)6-4-13/h3-10H,2,11-12H2,1H3,(H,20,22)(H,21,23). The van der Waals surface area contributed by atoms with E-state index in [1.807, 2.05) is 6.92 Å². The molecule has 5 nitrogen and oxygen atoms in total. The van der Waals surface area contributed by atoms with E-state index in [0.29, 0.717) is 17.9 Å². The van der Waals surface area contributed by atoms with Gasteiger partial charge >= 0.3 is 0 Å². The predicted octanol–water partition coefficient (Wildman–Crippen LogP) is 2.52. The topological polar surface area (TPSA) is 67.4 Å². The number of nitrogens with one attached hydrogen (secondary N) is 2. The number of anilines is 1. The van der Waals surface area contributed by atoms with Crippen LogP contribution in [0.2, 0.25) is 0 Å². The molecule has 0 atom stereocenters. The molecule has 0 aliphatic rings. The second-order valence-electron chi connectivity index (χ2n) is 5.09. The first-order chi connectivity index (χ1) is 11.6. The lowest BCUT2D eigenvalue weighted by atomic mass is 10.1. The summed E-state index contributed by atoms with van der Waals surface area (Å²) in [5.74, 6) is -0.257. The van der Waals surface area contributed by atoms with Gasteiger partial charge in [-0.2, -0.15) is 0 Å². The van der Waals surface area contributed by atoms with Gasteiger partial charge < -0.3 is 15.4 Å². The zero-order valence-corrected chi connectivity index (χ0v) is 13.3. The lowest BCUT2D eigenvalue weighted by Gasteiger charge is -2.08. The minimum Gasteiger partial charge on any atom is -0.494 e. The molecule has 0 unspecified atom stereocenters. The maximum atomic E-state index is 12.8. The van der Waals surface area contributed by atoms with Gasteiger partial charge in [-0.25, -0.2) is 4.39 Å². The summed E-state index contributed by atoms with van der Waals surface area (Å²) in [4.78, 5) is 23.6. The van der Waals surface area contributed by atoms with Crippen molar-refractivity contribution in [2.24, 2.45) is 0 Å². The van der Waals surface area contributed by atoms with Crippen LogP contribution in [0.3, 0.4) is 0 Å². The van der Waals surface area contributed by atoms with Crippen molar-refractivity contribution in [3.8, 4) is 5.75 Å². The molecule has 0 spiro atoms. The second kappa shape index (κ2) is 8.67. The van der Waals surface area contributed by atoms with Crippen LogP contribution in [0.5, 0.6) is 5.75 Å². The van der Waals surface area contributed by atoms with Crippen molar-refractivity contribution < 1.29 is 18.7 Å². The Hall–Kier alpha value is -2.89. The number of benzene rings is 2. The lowest BCUT2D eigenvalue weighted by molar-refractivity contribution is -0.123. The van der Waals surface area contributed by atoms with Crippen LogP contribution < -0.4 is 15.4 Å². The first-order valence-electron chi connectivity index (χ1n) is 7.60. The third-order valence-corrected chi connectivity index (χ3v) is 3.17. The fourth-order valence-electron chi connectivity index (χ4n) is 2.04. The molecule has 0 aliphatic heterocycles. The molecule has 0 saturated heterocycles. The monoisotopic (exact) mass is 330 g/mol. The first-order valence-corrected chi connectivity index (χ1v) is 7.60. The molecule has 2 aromatic rings. The third-order valence-electron chi connectivity index (χ3n) is 3.17. The highest BCUT2D eigenvalue weighted by Crippen LogP contribution is 2.15. The molecular formula is C18H19FN2O3. The number of hydrogen-bond acceptors (Lipinski definition) is 3. The van der Waals surface area contributed by atoms with E-state index in [1.165, 1.54) is 24.3 Å². The maximum absolute atomic E-state index is 12.8. The summed E-state index contributed by atoms with van der Waals surface area (Å²) in [6, 6.07) is 12.6. The first kappa shape index (κ1) is 17.5. The molecule has 2 rings (SSSR count). The Morgan fingerprint density at radius 2 is 1.67 bits per heavy atom. The smallest absolute Gasteiger partial charge is 0.243 e. The number of halogens is 1. The highest BCUT2D eigenvalue weighted by atomic mass is 19.1. The summed E-state index contributed by atoms with van der Waals surface area (Å²) in [7, 11) is 0. The molecule has 0 radical (unpaired) electrons. The normalized spacial score (nSPS) is 10.1. The molecule has 126 valence electrons. The fourth-order valence-corrected chi connectivity index (χ4v) is 2.04. The molecule has 6 heteroatoms. The third kappa shape index (κ3) is 5.72. The number of amides is 2. The van der Waals surface area contributed by atoms with Crippen LogP contribution in [0.15, 0.2) is 48.5 Å². The molecule has 0 bridgehead atoms. The van der Waals surface area contributed by atoms with E-state index >= 15 is 0 Å². The summed E-state index contributed by atoms with van der Waals surface area (Å²) in [6.07, 6.45) is 0.0939. The molecule has 0 aliphatic carbocycles. The average Bonchev–Trinajstić information content (AvgIpc) is 2.57. The minimum absolute atomic E-state index is 0.0939. The average molecular weight is 330 g/mol. The Morgan fingerprint density at radius 3 is 2.29 bits per heavy atom. The molecule has 2 aromatic carbocycles. The van der Waals surface area contributed by atoms with E-state index in [1.54, 1.807) is 24.3 Å². The predicted molar refractivity (Wildman–Crippen MR) is 89.4 cm³/mol. The fraction of sp³-hybridized carbons (Fsp3) is 0.222. The SMILES string of the molecule is CCOc1ccc(NC(=O)CNC(=O)Cc2ccc(F)cc2)cc1. The van der Waals surface area contributed by atoms with E-state index in [9.17, 15) is 14.0 Å². The van der Waals surface area contributed by atoms with Gasteiger partial charge in [0.1, 0.15) is 11.6 Å². The van der Waals surface area contributed by atoms with Crippen molar-refractivity contribution in [1.29, 1.82) is 0 Å². The Kier molecular flexibility index (Phi) is 6.31. The van der Waals surface area contributed by atoms with E-state index in [-0.39, 0.29) is 30.6 Å². The van der Waals surface area contributed by atoms with Crippen molar-refractivity contribution in [2.75, 3.05) is 18.5 Å². The van der Waals surface area contributed by atoms with Gasteiger partial charge in [0.25, 0.3) is 0 Å². The summed E-state index contributed by atoms with van der Waals surface area (Å²) in [5.41, 5.74) is 1.30. The quantitative estimate of drug-likeness (QED) is 0.820. The van der Waals surface area contributed by atoms with Crippen molar-refractivity contribution in [3.05, 3.63) is 59.9 Å². The molecule has 0 saturated carbocycles. The van der Waals surface area contributed by atoms with Crippen LogP contribution in [0.1, 0.15) is 12.5 Å². The number of carbonyl (C=O) groups excluding carboxylic acids is 2. The Balaban J connectivity index is 1.75. The van der Waals surface area contributed by atoms with Crippen LogP contribution >= 0.6 is 0 Å². The van der Waals surface area contributed by atoms with E-state index in [0.717, 1.165) is 5.75 Å². The number of ether oxygens (including phenoxy) is 1. The van der Waals surface area contributed by atoms with E-state index < -0.39 is 0 Å². The molecule has 24 heavy (non-hydrogen) atoms. The number of carbonyl (C=O) groups is 2. The van der Waals surface area contributed by atoms with Crippen molar-refractivity contribution in [2.45, 2.75) is 13.3 Å². The molecule has 0 heterocycles. The van der Waals surface area contributed by atoms with Crippen LogP contribution in [-0.4, -0.2) is 25.0 Å². The van der Waals surface area contributed by atoms with Gasteiger partial charge in [0.15, 0.2) is 0 Å².